The maximum absolute atomic E-state index is 13.1. The summed E-state index contributed by atoms with van der Waals surface area (Å²) < 4.78 is 44.6. The van der Waals surface area contributed by atoms with Crippen LogP contribution in [0, 0.1) is 5.82 Å². The Kier molecular flexibility index (Phi) is 7.50. The molecule has 0 aliphatic rings. The average Bonchev–Trinajstić information content (AvgIpc) is 2.64. The molecule has 0 saturated carbocycles. The number of sulfonamides is 1. The summed E-state index contributed by atoms with van der Waals surface area (Å²) >= 11 is 5.95. The number of rotatable bonds is 8. The van der Waals surface area contributed by atoms with E-state index in [4.69, 9.17) is 11.6 Å². The number of carbonyl (C=O) groups is 2. The van der Waals surface area contributed by atoms with E-state index < -0.39 is 21.8 Å². The highest BCUT2D eigenvalue weighted by Crippen LogP contribution is 2.22. The molecule has 2 rings (SSSR count). The first-order valence-electron chi connectivity index (χ1n) is 8.11. The van der Waals surface area contributed by atoms with Crippen LogP contribution in [-0.2, 0) is 26.0 Å². The first kappa shape index (κ1) is 21.8. The second-order valence-electron chi connectivity index (χ2n) is 5.69. The molecule has 0 unspecified atom stereocenters. The van der Waals surface area contributed by atoms with Crippen LogP contribution in [0.2, 0.25) is 5.02 Å². The van der Waals surface area contributed by atoms with E-state index in [-0.39, 0.29) is 40.9 Å². The molecule has 1 amide bonds. The first-order valence-corrected chi connectivity index (χ1v) is 9.97. The van der Waals surface area contributed by atoms with Gasteiger partial charge in [-0.1, -0.05) is 23.7 Å². The third kappa shape index (κ3) is 6.01. The molecule has 0 fully saturated rings. The lowest BCUT2D eigenvalue weighted by molar-refractivity contribution is -0.120. The first-order chi connectivity index (χ1) is 13.2. The summed E-state index contributed by atoms with van der Waals surface area (Å²) in [6.45, 7) is -0.0441. The number of halogens is 2. The zero-order chi connectivity index (χ0) is 20.7. The molecule has 0 aliphatic carbocycles. The average molecular weight is 429 g/mol. The van der Waals surface area contributed by atoms with Gasteiger partial charge in [-0.05, 0) is 35.9 Å². The molecule has 2 aromatic carbocycles. The summed E-state index contributed by atoms with van der Waals surface area (Å²) in [4.78, 5) is 23.1. The molecule has 150 valence electrons. The second-order valence-corrected chi connectivity index (χ2v) is 7.83. The lowest BCUT2D eigenvalue weighted by Gasteiger charge is -2.10. The minimum atomic E-state index is -3.94. The summed E-state index contributed by atoms with van der Waals surface area (Å²) in [7, 11) is -2.74. The minimum absolute atomic E-state index is 0.0225. The van der Waals surface area contributed by atoms with E-state index in [1.807, 2.05) is 0 Å². The summed E-state index contributed by atoms with van der Waals surface area (Å²) in [5, 5.41) is 2.40. The van der Waals surface area contributed by atoms with Crippen LogP contribution in [0.25, 0.3) is 0 Å². The number of benzene rings is 2. The number of hydrogen-bond donors (Lipinski definition) is 2. The zero-order valence-corrected chi connectivity index (χ0v) is 16.4. The van der Waals surface area contributed by atoms with E-state index in [1.165, 1.54) is 43.5 Å². The Labute approximate surface area is 166 Å². The van der Waals surface area contributed by atoms with Crippen molar-refractivity contribution in [1.29, 1.82) is 0 Å². The van der Waals surface area contributed by atoms with Gasteiger partial charge in [-0.15, -0.1) is 0 Å². The Balaban J connectivity index is 1.88. The van der Waals surface area contributed by atoms with Crippen LogP contribution in [0.4, 0.5) is 4.39 Å². The fraction of sp³-hybridized carbons (Fsp3) is 0.222. The molecule has 2 N–H and O–H groups in total. The Morgan fingerprint density at radius 1 is 1.14 bits per heavy atom. The summed E-state index contributed by atoms with van der Waals surface area (Å²) in [6, 6.07) is 9.32. The van der Waals surface area contributed by atoms with Crippen LogP contribution >= 0.6 is 11.6 Å². The topological polar surface area (TPSA) is 102 Å². The molecular weight excluding hydrogens is 411 g/mol. The quantitative estimate of drug-likeness (QED) is 0.494. The van der Waals surface area contributed by atoms with Crippen molar-refractivity contribution in [2.75, 3.05) is 20.2 Å². The third-order valence-electron chi connectivity index (χ3n) is 3.64. The van der Waals surface area contributed by atoms with Gasteiger partial charge in [-0.3, -0.25) is 4.79 Å². The predicted octanol–water partition coefficient (Wildman–Crippen LogP) is 1.90. The highest BCUT2D eigenvalue weighted by Gasteiger charge is 2.19. The smallest absolute Gasteiger partial charge is 0.337 e. The van der Waals surface area contributed by atoms with Gasteiger partial charge in [0.15, 0.2) is 0 Å². The van der Waals surface area contributed by atoms with Gasteiger partial charge in [0, 0.05) is 13.1 Å². The standard InChI is InChI=1S/C18H18ClFN2O5S/c1-27-18(24)13-5-6-16(15(19)11-13)28(25,26)22-8-7-21-17(23)10-12-3-2-4-14(20)9-12/h2-6,9,11,22H,7-8,10H2,1H3,(H,21,23). The maximum atomic E-state index is 13.1. The highest BCUT2D eigenvalue weighted by atomic mass is 35.5. The number of carbonyl (C=O) groups excluding carboxylic acids is 2. The minimum Gasteiger partial charge on any atom is -0.465 e. The predicted molar refractivity (Wildman–Crippen MR) is 101 cm³/mol. The summed E-state index contributed by atoms with van der Waals surface area (Å²) in [5.41, 5.74) is 0.631. The lowest BCUT2D eigenvalue weighted by atomic mass is 10.1. The van der Waals surface area contributed by atoms with Crippen molar-refractivity contribution in [3.8, 4) is 0 Å². The molecule has 0 heterocycles. The van der Waals surface area contributed by atoms with E-state index in [0.717, 1.165) is 0 Å². The Morgan fingerprint density at radius 2 is 1.89 bits per heavy atom. The number of hydrogen-bond acceptors (Lipinski definition) is 5. The number of ether oxygens (including phenoxy) is 1. The van der Waals surface area contributed by atoms with Gasteiger partial charge < -0.3 is 10.1 Å². The second kappa shape index (κ2) is 9.63. The van der Waals surface area contributed by atoms with Crippen molar-refractivity contribution in [2.24, 2.45) is 0 Å². The van der Waals surface area contributed by atoms with Crippen LogP contribution in [0.15, 0.2) is 47.4 Å². The van der Waals surface area contributed by atoms with E-state index in [9.17, 15) is 22.4 Å². The van der Waals surface area contributed by atoms with Gasteiger partial charge in [0.05, 0.1) is 24.1 Å². The van der Waals surface area contributed by atoms with Crippen LogP contribution < -0.4 is 10.0 Å². The summed E-state index contributed by atoms with van der Waals surface area (Å²) in [6.07, 6.45) is -0.0225. The van der Waals surface area contributed by atoms with E-state index in [1.54, 1.807) is 6.07 Å². The molecule has 7 nitrogen and oxygen atoms in total. The van der Waals surface area contributed by atoms with Crippen molar-refractivity contribution in [3.05, 3.63) is 64.4 Å². The molecule has 0 saturated heterocycles. The molecule has 0 atom stereocenters. The summed E-state index contributed by atoms with van der Waals surface area (Å²) in [5.74, 6) is -1.45. The van der Waals surface area contributed by atoms with E-state index in [2.05, 4.69) is 14.8 Å². The molecule has 0 radical (unpaired) electrons. The molecule has 0 aliphatic heterocycles. The van der Waals surface area contributed by atoms with Gasteiger partial charge in [0.2, 0.25) is 15.9 Å². The van der Waals surface area contributed by atoms with Crippen molar-refractivity contribution in [1.82, 2.24) is 10.0 Å². The number of esters is 1. The monoisotopic (exact) mass is 428 g/mol. The molecule has 2 aromatic rings. The highest BCUT2D eigenvalue weighted by molar-refractivity contribution is 7.89. The number of nitrogens with one attached hydrogen (secondary N) is 2. The van der Waals surface area contributed by atoms with Crippen molar-refractivity contribution >= 4 is 33.5 Å². The molecular formula is C18H18ClFN2O5S. The van der Waals surface area contributed by atoms with Crippen molar-refractivity contribution < 1.29 is 27.1 Å². The molecule has 10 heteroatoms. The van der Waals surface area contributed by atoms with Crippen molar-refractivity contribution in [3.63, 3.8) is 0 Å². The molecule has 0 aromatic heterocycles. The van der Waals surface area contributed by atoms with Crippen LogP contribution in [0.1, 0.15) is 15.9 Å². The normalized spacial score (nSPS) is 11.1. The fourth-order valence-electron chi connectivity index (χ4n) is 2.32. The van der Waals surface area contributed by atoms with Crippen LogP contribution in [-0.4, -0.2) is 40.5 Å². The SMILES string of the molecule is COC(=O)c1ccc(S(=O)(=O)NCCNC(=O)Cc2cccc(F)c2)c(Cl)c1. The molecule has 28 heavy (non-hydrogen) atoms. The van der Waals surface area contributed by atoms with Gasteiger partial charge in [0.1, 0.15) is 10.7 Å². The van der Waals surface area contributed by atoms with Gasteiger partial charge in [0.25, 0.3) is 0 Å². The van der Waals surface area contributed by atoms with E-state index in [0.29, 0.717) is 5.56 Å². The molecule has 0 spiro atoms. The molecule has 0 bridgehead atoms. The maximum Gasteiger partial charge on any atom is 0.337 e. The fourth-order valence-corrected chi connectivity index (χ4v) is 3.90. The Bertz CT molecular complexity index is 982. The Hall–Kier alpha value is -2.49. The van der Waals surface area contributed by atoms with Crippen LogP contribution in [0.3, 0.4) is 0 Å². The van der Waals surface area contributed by atoms with Crippen molar-refractivity contribution in [2.45, 2.75) is 11.3 Å². The van der Waals surface area contributed by atoms with Gasteiger partial charge in [-0.2, -0.15) is 0 Å². The Morgan fingerprint density at radius 3 is 2.54 bits per heavy atom. The largest absolute Gasteiger partial charge is 0.465 e. The lowest BCUT2D eigenvalue weighted by Crippen LogP contribution is -2.35. The van der Waals surface area contributed by atoms with E-state index >= 15 is 0 Å². The zero-order valence-electron chi connectivity index (χ0n) is 14.9. The van der Waals surface area contributed by atoms with Gasteiger partial charge in [-0.25, -0.2) is 22.3 Å². The van der Waals surface area contributed by atoms with Gasteiger partial charge >= 0.3 is 5.97 Å². The third-order valence-corrected chi connectivity index (χ3v) is 5.58. The van der Waals surface area contributed by atoms with Crippen LogP contribution in [0.5, 0.6) is 0 Å². The number of methoxy groups -OCH3 is 1. The number of amides is 1.